The van der Waals surface area contributed by atoms with Crippen LogP contribution >= 0.6 is 0 Å². The number of aliphatic hydroxyl groups excluding tert-OH is 1. The van der Waals surface area contributed by atoms with Crippen LogP contribution in [0.3, 0.4) is 0 Å². The Morgan fingerprint density at radius 3 is 2.94 bits per heavy atom. The van der Waals surface area contributed by atoms with E-state index in [2.05, 4.69) is 17.2 Å². The Balaban J connectivity index is 2.14. The highest BCUT2D eigenvalue weighted by molar-refractivity contribution is 4.91. The molecule has 16 heavy (non-hydrogen) atoms. The Labute approximate surface area is 97.7 Å². The number of hydrogen-bond donors (Lipinski definition) is 2. The highest BCUT2D eigenvalue weighted by Gasteiger charge is 2.05. The molecule has 0 aromatic carbocycles. The van der Waals surface area contributed by atoms with Crippen molar-refractivity contribution in [1.82, 2.24) is 14.9 Å². The molecular formula is C12H23N3O. The summed E-state index contributed by atoms with van der Waals surface area (Å²) in [6.07, 6.45) is 6.77. The summed E-state index contributed by atoms with van der Waals surface area (Å²) in [4.78, 5) is 4.27. The van der Waals surface area contributed by atoms with Crippen molar-refractivity contribution in [3.05, 3.63) is 18.2 Å². The molecule has 0 aliphatic carbocycles. The molecule has 1 heterocycles. The van der Waals surface area contributed by atoms with E-state index in [1.165, 1.54) is 0 Å². The molecule has 1 atom stereocenters. The zero-order chi connectivity index (χ0) is 11.8. The van der Waals surface area contributed by atoms with Gasteiger partial charge in [-0.2, -0.15) is 0 Å². The lowest BCUT2D eigenvalue weighted by Crippen LogP contribution is -2.25. The predicted octanol–water partition coefficient (Wildman–Crippen LogP) is 0.961. The molecule has 92 valence electrons. The van der Waals surface area contributed by atoms with Crippen LogP contribution in [0.2, 0.25) is 0 Å². The van der Waals surface area contributed by atoms with Crippen molar-refractivity contribution in [2.75, 3.05) is 19.7 Å². The summed E-state index contributed by atoms with van der Waals surface area (Å²) >= 11 is 0. The molecular weight excluding hydrogens is 202 g/mol. The minimum absolute atomic E-state index is 0.291. The van der Waals surface area contributed by atoms with Crippen LogP contribution < -0.4 is 5.32 Å². The molecule has 0 bridgehead atoms. The first-order valence-electron chi connectivity index (χ1n) is 6.05. The maximum atomic E-state index is 8.87. The molecule has 0 spiro atoms. The van der Waals surface area contributed by atoms with Crippen LogP contribution in [-0.2, 0) is 13.5 Å². The monoisotopic (exact) mass is 225 g/mol. The summed E-state index contributed by atoms with van der Waals surface area (Å²) < 4.78 is 2.05. The molecule has 2 N–H and O–H groups in total. The lowest BCUT2D eigenvalue weighted by atomic mass is 10.0. The predicted molar refractivity (Wildman–Crippen MR) is 65.3 cm³/mol. The van der Waals surface area contributed by atoms with E-state index >= 15 is 0 Å². The van der Waals surface area contributed by atoms with Gasteiger partial charge in [0.1, 0.15) is 5.82 Å². The number of aliphatic hydroxyl groups is 1. The van der Waals surface area contributed by atoms with Gasteiger partial charge in [0.05, 0.1) is 0 Å². The van der Waals surface area contributed by atoms with Crippen LogP contribution in [0.5, 0.6) is 0 Å². The number of hydrogen-bond acceptors (Lipinski definition) is 3. The molecule has 1 aromatic rings. The fourth-order valence-electron chi connectivity index (χ4n) is 1.78. The minimum Gasteiger partial charge on any atom is -0.396 e. The third-order valence-electron chi connectivity index (χ3n) is 2.99. The second-order valence-corrected chi connectivity index (χ2v) is 4.20. The van der Waals surface area contributed by atoms with Gasteiger partial charge >= 0.3 is 0 Å². The van der Waals surface area contributed by atoms with E-state index in [0.29, 0.717) is 12.5 Å². The molecule has 0 aliphatic rings. The minimum atomic E-state index is 0.291. The van der Waals surface area contributed by atoms with E-state index in [1.807, 2.05) is 24.0 Å². The second-order valence-electron chi connectivity index (χ2n) is 4.20. The van der Waals surface area contributed by atoms with Gasteiger partial charge in [0.25, 0.3) is 0 Å². The SMILES string of the molecule is CCC(CCO)CNCCc1nccn1C. The summed E-state index contributed by atoms with van der Waals surface area (Å²) in [6.45, 7) is 4.40. The Morgan fingerprint density at radius 1 is 1.56 bits per heavy atom. The average Bonchev–Trinajstić information content (AvgIpc) is 2.69. The first-order chi connectivity index (χ1) is 7.77. The quantitative estimate of drug-likeness (QED) is 0.648. The number of nitrogens with zero attached hydrogens (tertiary/aromatic N) is 2. The standard InChI is InChI=1S/C12H23N3O/c1-3-11(5-9-16)10-13-6-4-12-14-7-8-15(12)2/h7-8,11,13,16H,3-6,9-10H2,1-2H3. The Bertz CT molecular complexity index is 286. The van der Waals surface area contributed by atoms with Crippen LogP contribution in [0.25, 0.3) is 0 Å². The van der Waals surface area contributed by atoms with E-state index < -0.39 is 0 Å². The first-order valence-corrected chi connectivity index (χ1v) is 6.05. The van der Waals surface area contributed by atoms with Crippen molar-refractivity contribution >= 4 is 0 Å². The third-order valence-corrected chi connectivity index (χ3v) is 2.99. The molecule has 0 amide bonds. The van der Waals surface area contributed by atoms with Crippen molar-refractivity contribution in [2.45, 2.75) is 26.2 Å². The van der Waals surface area contributed by atoms with Gasteiger partial charge in [-0.25, -0.2) is 4.98 Å². The van der Waals surface area contributed by atoms with Crippen molar-refractivity contribution in [1.29, 1.82) is 0 Å². The molecule has 1 aromatic heterocycles. The number of nitrogens with one attached hydrogen (secondary N) is 1. The van der Waals surface area contributed by atoms with Gasteiger partial charge in [-0.05, 0) is 18.9 Å². The number of imidazole rings is 1. The lowest BCUT2D eigenvalue weighted by Gasteiger charge is -2.14. The average molecular weight is 225 g/mol. The molecule has 4 heteroatoms. The van der Waals surface area contributed by atoms with Gasteiger partial charge < -0.3 is 15.0 Å². The van der Waals surface area contributed by atoms with Crippen molar-refractivity contribution < 1.29 is 5.11 Å². The lowest BCUT2D eigenvalue weighted by molar-refractivity contribution is 0.251. The molecule has 0 radical (unpaired) electrons. The second kappa shape index (κ2) is 7.41. The largest absolute Gasteiger partial charge is 0.396 e. The Kier molecular flexibility index (Phi) is 6.11. The number of aromatic nitrogens is 2. The molecule has 1 unspecified atom stereocenters. The van der Waals surface area contributed by atoms with Gasteiger partial charge in [0.15, 0.2) is 0 Å². The molecule has 1 rings (SSSR count). The van der Waals surface area contributed by atoms with E-state index in [4.69, 9.17) is 5.11 Å². The fraction of sp³-hybridized carbons (Fsp3) is 0.750. The van der Waals surface area contributed by atoms with E-state index in [1.54, 1.807) is 0 Å². The van der Waals surface area contributed by atoms with Crippen molar-refractivity contribution in [3.8, 4) is 0 Å². The normalized spacial score (nSPS) is 12.9. The third kappa shape index (κ3) is 4.33. The van der Waals surface area contributed by atoms with Crippen LogP contribution in [0.4, 0.5) is 0 Å². The summed E-state index contributed by atoms with van der Waals surface area (Å²) in [7, 11) is 2.02. The maximum Gasteiger partial charge on any atom is 0.109 e. The first kappa shape index (κ1) is 13.2. The summed E-state index contributed by atoms with van der Waals surface area (Å²) in [6, 6.07) is 0. The van der Waals surface area contributed by atoms with Crippen LogP contribution in [0.15, 0.2) is 12.4 Å². The topological polar surface area (TPSA) is 50.1 Å². The van der Waals surface area contributed by atoms with Gasteiger partial charge in [-0.3, -0.25) is 0 Å². The van der Waals surface area contributed by atoms with Gasteiger partial charge in [0, 0.05) is 39.0 Å². The molecule has 0 saturated carbocycles. The van der Waals surface area contributed by atoms with Gasteiger partial charge in [-0.15, -0.1) is 0 Å². The number of aryl methyl sites for hydroxylation is 1. The highest BCUT2D eigenvalue weighted by Crippen LogP contribution is 2.05. The fourth-order valence-corrected chi connectivity index (χ4v) is 1.78. The van der Waals surface area contributed by atoms with Crippen LogP contribution in [0, 0.1) is 5.92 Å². The molecule has 0 saturated heterocycles. The Hall–Kier alpha value is -0.870. The van der Waals surface area contributed by atoms with Crippen LogP contribution in [-0.4, -0.2) is 34.4 Å². The zero-order valence-corrected chi connectivity index (χ0v) is 10.3. The smallest absolute Gasteiger partial charge is 0.109 e. The van der Waals surface area contributed by atoms with Gasteiger partial charge in [-0.1, -0.05) is 13.3 Å². The van der Waals surface area contributed by atoms with E-state index in [9.17, 15) is 0 Å². The van der Waals surface area contributed by atoms with E-state index in [0.717, 1.165) is 38.2 Å². The molecule has 0 fully saturated rings. The molecule has 4 nitrogen and oxygen atoms in total. The summed E-state index contributed by atoms with van der Waals surface area (Å²) in [5.41, 5.74) is 0. The maximum absolute atomic E-state index is 8.87. The summed E-state index contributed by atoms with van der Waals surface area (Å²) in [5.74, 6) is 1.70. The zero-order valence-electron chi connectivity index (χ0n) is 10.3. The summed E-state index contributed by atoms with van der Waals surface area (Å²) in [5, 5.41) is 12.3. The van der Waals surface area contributed by atoms with E-state index in [-0.39, 0.29) is 0 Å². The highest BCUT2D eigenvalue weighted by atomic mass is 16.3. The van der Waals surface area contributed by atoms with Crippen LogP contribution in [0.1, 0.15) is 25.6 Å². The number of rotatable bonds is 8. The Morgan fingerprint density at radius 2 is 2.38 bits per heavy atom. The van der Waals surface area contributed by atoms with Crippen molar-refractivity contribution in [2.24, 2.45) is 13.0 Å². The van der Waals surface area contributed by atoms with Crippen molar-refractivity contribution in [3.63, 3.8) is 0 Å². The molecule has 0 aliphatic heterocycles. The van der Waals surface area contributed by atoms with Gasteiger partial charge in [0.2, 0.25) is 0 Å².